The monoisotopic (exact) mass is 212 g/mol. The van der Waals surface area contributed by atoms with E-state index in [4.69, 9.17) is 0 Å². The second kappa shape index (κ2) is 6.83. The molecule has 0 aromatic heterocycles. The Hall–Kier alpha value is -0.570. The molecule has 0 aromatic carbocycles. The van der Waals surface area contributed by atoms with E-state index in [0.717, 1.165) is 19.4 Å². The molecule has 1 aliphatic heterocycles. The van der Waals surface area contributed by atoms with Crippen molar-refractivity contribution in [1.82, 2.24) is 10.6 Å². The first-order valence-electron chi connectivity index (χ1n) is 6.25. The van der Waals surface area contributed by atoms with Gasteiger partial charge in [-0.05, 0) is 39.2 Å². The number of amides is 1. The van der Waals surface area contributed by atoms with E-state index < -0.39 is 0 Å². The topological polar surface area (TPSA) is 41.1 Å². The van der Waals surface area contributed by atoms with Crippen LogP contribution in [0.25, 0.3) is 0 Å². The molecule has 0 spiro atoms. The van der Waals surface area contributed by atoms with Crippen LogP contribution in [0.5, 0.6) is 0 Å². The minimum atomic E-state index is 0.205. The number of rotatable bonds is 5. The molecule has 0 radical (unpaired) electrons. The molecule has 1 amide bonds. The maximum absolute atomic E-state index is 11.5. The van der Waals surface area contributed by atoms with E-state index >= 15 is 0 Å². The van der Waals surface area contributed by atoms with Crippen molar-refractivity contribution >= 4 is 5.91 Å². The van der Waals surface area contributed by atoms with E-state index in [2.05, 4.69) is 24.5 Å². The summed E-state index contributed by atoms with van der Waals surface area (Å²) in [5.41, 5.74) is 0. The van der Waals surface area contributed by atoms with Gasteiger partial charge in [-0.25, -0.2) is 0 Å². The largest absolute Gasteiger partial charge is 0.354 e. The molecule has 3 heteroatoms. The number of carbonyl (C=O) groups is 1. The second-order valence-corrected chi connectivity index (χ2v) is 4.56. The van der Waals surface area contributed by atoms with Gasteiger partial charge in [0, 0.05) is 18.5 Å². The smallest absolute Gasteiger partial charge is 0.220 e. The Kier molecular flexibility index (Phi) is 5.69. The molecule has 0 bridgehead atoms. The van der Waals surface area contributed by atoms with Crippen LogP contribution in [-0.2, 0) is 4.79 Å². The minimum absolute atomic E-state index is 0.205. The molecule has 0 saturated carbocycles. The number of hydrogen-bond donors (Lipinski definition) is 2. The summed E-state index contributed by atoms with van der Waals surface area (Å²) in [6, 6.07) is 0.887. The summed E-state index contributed by atoms with van der Waals surface area (Å²) >= 11 is 0. The van der Waals surface area contributed by atoms with E-state index in [1.807, 2.05) is 0 Å². The van der Waals surface area contributed by atoms with Gasteiger partial charge < -0.3 is 10.6 Å². The predicted molar refractivity (Wildman–Crippen MR) is 62.8 cm³/mol. The lowest BCUT2D eigenvalue weighted by Gasteiger charge is -2.23. The molecule has 0 aliphatic carbocycles. The standard InChI is InChI=1S/C12H24N2O/c1-3-10(2)14-12(15)8-7-11-6-4-5-9-13-11/h10-11,13H,3-9H2,1-2H3,(H,14,15). The molecule has 0 aromatic rings. The zero-order chi connectivity index (χ0) is 11.1. The zero-order valence-corrected chi connectivity index (χ0v) is 10.0. The van der Waals surface area contributed by atoms with E-state index in [9.17, 15) is 4.79 Å². The first-order valence-corrected chi connectivity index (χ1v) is 6.25. The lowest BCUT2D eigenvalue weighted by molar-refractivity contribution is -0.121. The van der Waals surface area contributed by atoms with Crippen molar-refractivity contribution in [2.24, 2.45) is 0 Å². The Bertz CT molecular complexity index is 188. The van der Waals surface area contributed by atoms with Crippen molar-refractivity contribution in [3.63, 3.8) is 0 Å². The predicted octanol–water partition coefficient (Wildman–Crippen LogP) is 1.82. The van der Waals surface area contributed by atoms with Crippen molar-refractivity contribution in [3.05, 3.63) is 0 Å². The van der Waals surface area contributed by atoms with Crippen molar-refractivity contribution < 1.29 is 4.79 Å². The van der Waals surface area contributed by atoms with Crippen LogP contribution in [0, 0.1) is 0 Å². The minimum Gasteiger partial charge on any atom is -0.354 e. The normalized spacial score (nSPS) is 23.5. The highest BCUT2D eigenvalue weighted by Crippen LogP contribution is 2.11. The molecule has 1 fully saturated rings. The molecule has 1 rings (SSSR count). The van der Waals surface area contributed by atoms with Gasteiger partial charge in [0.15, 0.2) is 0 Å². The molecule has 2 unspecified atom stereocenters. The van der Waals surface area contributed by atoms with Gasteiger partial charge in [0.05, 0.1) is 0 Å². The van der Waals surface area contributed by atoms with Crippen molar-refractivity contribution in [1.29, 1.82) is 0 Å². The highest BCUT2D eigenvalue weighted by Gasteiger charge is 2.14. The maximum Gasteiger partial charge on any atom is 0.220 e. The Morgan fingerprint density at radius 2 is 2.33 bits per heavy atom. The van der Waals surface area contributed by atoms with Gasteiger partial charge in [-0.15, -0.1) is 0 Å². The number of piperidine rings is 1. The van der Waals surface area contributed by atoms with E-state index in [0.29, 0.717) is 18.5 Å². The zero-order valence-electron chi connectivity index (χ0n) is 10.0. The summed E-state index contributed by atoms with van der Waals surface area (Å²) in [5, 5.41) is 6.46. The lowest BCUT2D eigenvalue weighted by atomic mass is 10.0. The third-order valence-electron chi connectivity index (χ3n) is 3.15. The summed E-state index contributed by atoms with van der Waals surface area (Å²) in [5.74, 6) is 0.205. The molecule has 88 valence electrons. The fourth-order valence-electron chi connectivity index (χ4n) is 1.92. The van der Waals surface area contributed by atoms with Gasteiger partial charge in [0.25, 0.3) is 0 Å². The molecular weight excluding hydrogens is 188 g/mol. The van der Waals surface area contributed by atoms with Crippen LogP contribution in [0.3, 0.4) is 0 Å². The van der Waals surface area contributed by atoms with Crippen LogP contribution in [0.15, 0.2) is 0 Å². The number of nitrogens with one attached hydrogen (secondary N) is 2. The quantitative estimate of drug-likeness (QED) is 0.730. The van der Waals surface area contributed by atoms with Crippen LogP contribution < -0.4 is 10.6 Å². The summed E-state index contributed by atoms with van der Waals surface area (Å²) in [7, 11) is 0. The molecule has 1 saturated heterocycles. The first kappa shape index (κ1) is 12.5. The molecule has 15 heavy (non-hydrogen) atoms. The van der Waals surface area contributed by atoms with Crippen LogP contribution in [-0.4, -0.2) is 24.5 Å². The van der Waals surface area contributed by atoms with Crippen molar-refractivity contribution in [3.8, 4) is 0 Å². The van der Waals surface area contributed by atoms with Gasteiger partial charge in [-0.1, -0.05) is 13.3 Å². The van der Waals surface area contributed by atoms with Crippen LogP contribution in [0.2, 0.25) is 0 Å². The van der Waals surface area contributed by atoms with Crippen molar-refractivity contribution in [2.45, 2.75) is 64.5 Å². The second-order valence-electron chi connectivity index (χ2n) is 4.56. The average Bonchev–Trinajstić information content (AvgIpc) is 2.27. The summed E-state index contributed by atoms with van der Waals surface area (Å²) in [4.78, 5) is 11.5. The van der Waals surface area contributed by atoms with Gasteiger partial charge >= 0.3 is 0 Å². The maximum atomic E-state index is 11.5. The molecule has 1 aliphatic rings. The van der Waals surface area contributed by atoms with E-state index in [1.165, 1.54) is 19.3 Å². The van der Waals surface area contributed by atoms with Crippen LogP contribution >= 0.6 is 0 Å². The molecule has 3 nitrogen and oxygen atoms in total. The molecule has 1 heterocycles. The molecular formula is C12H24N2O. The van der Waals surface area contributed by atoms with E-state index in [1.54, 1.807) is 0 Å². The Balaban J connectivity index is 2.10. The van der Waals surface area contributed by atoms with Crippen LogP contribution in [0.4, 0.5) is 0 Å². The molecule has 2 atom stereocenters. The third kappa shape index (κ3) is 5.17. The van der Waals surface area contributed by atoms with Crippen LogP contribution in [0.1, 0.15) is 52.4 Å². The molecule has 2 N–H and O–H groups in total. The van der Waals surface area contributed by atoms with E-state index in [-0.39, 0.29) is 5.91 Å². The van der Waals surface area contributed by atoms with Gasteiger partial charge in [-0.2, -0.15) is 0 Å². The number of carbonyl (C=O) groups excluding carboxylic acids is 1. The Morgan fingerprint density at radius 3 is 2.93 bits per heavy atom. The highest BCUT2D eigenvalue weighted by atomic mass is 16.1. The Morgan fingerprint density at radius 1 is 1.53 bits per heavy atom. The lowest BCUT2D eigenvalue weighted by Crippen LogP contribution is -2.37. The highest BCUT2D eigenvalue weighted by molar-refractivity contribution is 5.76. The fraction of sp³-hybridized carbons (Fsp3) is 0.917. The summed E-state index contributed by atoms with van der Waals surface area (Å²) in [6.07, 6.45) is 6.49. The summed E-state index contributed by atoms with van der Waals surface area (Å²) < 4.78 is 0. The summed E-state index contributed by atoms with van der Waals surface area (Å²) in [6.45, 7) is 5.27. The SMILES string of the molecule is CCC(C)NC(=O)CCC1CCCCN1. The van der Waals surface area contributed by atoms with Gasteiger partial charge in [0.1, 0.15) is 0 Å². The fourth-order valence-corrected chi connectivity index (χ4v) is 1.92. The van der Waals surface area contributed by atoms with Gasteiger partial charge in [-0.3, -0.25) is 4.79 Å². The first-order chi connectivity index (χ1) is 7.22. The average molecular weight is 212 g/mol. The van der Waals surface area contributed by atoms with Crippen molar-refractivity contribution in [2.75, 3.05) is 6.54 Å². The number of hydrogen-bond acceptors (Lipinski definition) is 2. The van der Waals surface area contributed by atoms with Gasteiger partial charge in [0.2, 0.25) is 5.91 Å². The third-order valence-corrected chi connectivity index (χ3v) is 3.15. The Labute approximate surface area is 93.0 Å².